The third kappa shape index (κ3) is 4.28. The molecule has 0 saturated carbocycles. The lowest BCUT2D eigenvalue weighted by Gasteiger charge is -2.31. The number of halogens is 1. The van der Waals surface area contributed by atoms with Gasteiger partial charge in [-0.3, -0.25) is 9.59 Å². The van der Waals surface area contributed by atoms with Crippen molar-refractivity contribution in [3.63, 3.8) is 0 Å². The van der Waals surface area contributed by atoms with Crippen molar-refractivity contribution in [2.24, 2.45) is 0 Å². The predicted molar refractivity (Wildman–Crippen MR) is 126 cm³/mol. The summed E-state index contributed by atoms with van der Waals surface area (Å²) in [6.07, 6.45) is 5.51. The molecule has 0 aliphatic carbocycles. The Labute approximate surface area is 194 Å². The molecule has 32 heavy (non-hydrogen) atoms. The Balaban J connectivity index is 1.28. The van der Waals surface area contributed by atoms with Gasteiger partial charge in [0.05, 0.1) is 10.6 Å². The third-order valence-electron chi connectivity index (χ3n) is 7.16. The Kier molecular flexibility index (Phi) is 6.20. The van der Waals surface area contributed by atoms with Crippen LogP contribution >= 0.6 is 11.6 Å². The maximum Gasteiger partial charge on any atom is 0.255 e. The highest BCUT2D eigenvalue weighted by Gasteiger charge is 2.32. The number of nitrogens with zero attached hydrogens (tertiary/aromatic N) is 3. The van der Waals surface area contributed by atoms with Crippen molar-refractivity contribution in [3.05, 3.63) is 69.7 Å². The number of amides is 2. The second-order valence-electron chi connectivity index (χ2n) is 9.24. The molecule has 0 unspecified atom stereocenters. The number of hydrogen-bond acceptors (Lipinski definition) is 3. The lowest BCUT2D eigenvalue weighted by molar-refractivity contribution is 0.0703. The van der Waals surface area contributed by atoms with E-state index >= 15 is 0 Å². The normalized spacial score (nSPS) is 21.1. The second-order valence-corrected chi connectivity index (χ2v) is 9.65. The predicted octanol–water partition coefficient (Wildman–Crippen LogP) is 4.24. The zero-order valence-corrected chi connectivity index (χ0v) is 19.2. The molecule has 2 aromatic rings. The molecule has 0 aromatic heterocycles. The van der Waals surface area contributed by atoms with Crippen LogP contribution in [0.1, 0.15) is 57.5 Å². The van der Waals surface area contributed by atoms with E-state index < -0.39 is 0 Å². The van der Waals surface area contributed by atoms with Gasteiger partial charge in [-0.25, -0.2) is 0 Å². The van der Waals surface area contributed by atoms with Crippen LogP contribution in [-0.2, 0) is 13.0 Å². The zero-order valence-electron chi connectivity index (χ0n) is 18.4. The van der Waals surface area contributed by atoms with Gasteiger partial charge < -0.3 is 14.7 Å². The quantitative estimate of drug-likeness (QED) is 0.698. The van der Waals surface area contributed by atoms with Crippen LogP contribution in [-0.4, -0.2) is 65.3 Å². The smallest absolute Gasteiger partial charge is 0.255 e. The summed E-state index contributed by atoms with van der Waals surface area (Å²) in [7, 11) is 0. The Morgan fingerprint density at radius 1 is 0.906 bits per heavy atom. The highest BCUT2D eigenvalue weighted by atomic mass is 35.5. The fourth-order valence-corrected chi connectivity index (χ4v) is 5.60. The molecule has 168 valence electrons. The summed E-state index contributed by atoms with van der Waals surface area (Å²) in [5.74, 6) is 0.118. The number of rotatable bonds is 4. The third-order valence-corrected chi connectivity index (χ3v) is 7.49. The lowest BCUT2D eigenvalue weighted by atomic mass is 9.96. The summed E-state index contributed by atoms with van der Waals surface area (Å²) in [5.41, 5.74) is 3.61. The summed E-state index contributed by atoms with van der Waals surface area (Å²) in [6, 6.07) is 13.6. The van der Waals surface area contributed by atoms with Crippen molar-refractivity contribution in [1.29, 1.82) is 0 Å². The van der Waals surface area contributed by atoms with Gasteiger partial charge in [0.1, 0.15) is 0 Å². The number of carbonyl (C=O) groups is 2. The van der Waals surface area contributed by atoms with Gasteiger partial charge in [0, 0.05) is 37.8 Å². The number of benzene rings is 2. The van der Waals surface area contributed by atoms with Gasteiger partial charge in [0.15, 0.2) is 0 Å². The van der Waals surface area contributed by atoms with E-state index in [1.165, 1.54) is 31.5 Å². The van der Waals surface area contributed by atoms with Gasteiger partial charge in [-0.15, -0.1) is 0 Å². The Hall–Kier alpha value is -2.37. The van der Waals surface area contributed by atoms with Crippen LogP contribution in [0.5, 0.6) is 0 Å². The minimum Gasteiger partial charge on any atom is -0.334 e. The van der Waals surface area contributed by atoms with E-state index in [1.807, 2.05) is 29.2 Å². The van der Waals surface area contributed by atoms with Crippen LogP contribution < -0.4 is 0 Å². The fraction of sp³-hybridized carbons (Fsp3) is 0.462. The van der Waals surface area contributed by atoms with Crippen molar-refractivity contribution in [2.75, 3.05) is 32.7 Å². The first kappa shape index (κ1) is 21.5. The molecule has 5 rings (SSSR count). The minimum atomic E-state index is -0.0387. The Bertz CT molecular complexity index is 1020. The number of likely N-dealkylation sites (tertiary alicyclic amines) is 2. The molecular weight excluding hydrogens is 422 g/mol. The van der Waals surface area contributed by atoms with E-state index in [9.17, 15) is 9.59 Å². The monoisotopic (exact) mass is 451 g/mol. The van der Waals surface area contributed by atoms with Gasteiger partial charge >= 0.3 is 0 Å². The van der Waals surface area contributed by atoms with Crippen LogP contribution in [0.15, 0.2) is 42.5 Å². The molecule has 3 aliphatic heterocycles. The molecule has 2 aromatic carbocycles. The molecule has 0 spiro atoms. The molecule has 1 atom stereocenters. The molecular formula is C26H30ClN3O2. The van der Waals surface area contributed by atoms with E-state index in [1.54, 1.807) is 12.1 Å². The SMILES string of the molecule is O=C(c1ccccc1Cl)N1CCc2cc(C(=O)N3CCC[C@H]3CN3CCCC3)ccc2C1. The summed E-state index contributed by atoms with van der Waals surface area (Å²) in [5, 5.41) is 0.485. The summed E-state index contributed by atoms with van der Waals surface area (Å²) >= 11 is 6.23. The van der Waals surface area contributed by atoms with Crippen LogP contribution in [0.3, 0.4) is 0 Å². The molecule has 0 bridgehead atoms. The van der Waals surface area contributed by atoms with Gasteiger partial charge in [-0.2, -0.15) is 0 Å². The van der Waals surface area contributed by atoms with Crippen molar-refractivity contribution in [1.82, 2.24) is 14.7 Å². The van der Waals surface area contributed by atoms with Crippen molar-refractivity contribution < 1.29 is 9.59 Å². The van der Waals surface area contributed by atoms with Crippen LogP contribution in [0.4, 0.5) is 0 Å². The Morgan fingerprint density at radius 2 is 1.72 bits per heavy atom. The molecule has 2 saturated heterocycles. The number of hydrogen-bond donors (Lipinski definition) is 0. The largest absolute Gasteiger partial charge is 0.334 e. The molecule has 2 fully saturated rings. The summed E-state index contributed by atoms with van der Waals surface area (Å²) in [4.78, 5) is 32.7. The standard InChI is InChI=1S/C26H30ClN3O2/c27-24-8-2-1-7-23(24)26(32)29-15-11-19-16-20(9-10-21(19)17-29)25(31)30-14-5-6-22(30)18-28-12-3-4-13-28/h1-2,7-10,16,22H,3-6,11-15,17-18H2/t22-/m0/s1. The van der Waals surface area contributed by atoms with Crippen molar-refractivity contribution in [3.8, 4) is 0 Å². The zero-order chi connectivity index (χ0) is 22.1. The van der Waals surface area contributed by atoms with E-state index in [-0.39, 0.29) is 11.8 Å². The molecule has 0 N–H and O–H groups in total. The topological polar surface area (TPSA) is 43.9 Å². The Morgan fingerprint density at radius 3 is 2.53 bits per heavy atom. The van der Waals surface area contributed by atoms with Crippen LogP contribution in [0.25, 0.3) is 0 Å². The number of carbonyl (C=O) groups excluding carboxylic acids is 2. The molecule has 6 heteroatoms. The summed E-state index contributed by atoms with van der Waals surface area (Å²) < 4.78 is 0. The second kappa shape index (κ2) is 9.24. The highest BCUT2D eigenvalue weighted by Crippen LogP contribution is 2.27. The van der Waals surface area contributed by atoms with E-state index in [0.717, 1.165) is 43.5 Å². The van der Waals surface area contributed by atoms with E-state index in [2.05, 4.69) is 15.9 Å². The van der Waals surface area contributed by atoms with Crippen LogP contribution in [0.2, 0.25) is 5.02 Å². The first-order chi connectivity index (χ1) is 15.6. The number of fused-ring (bicyclic) bond motifs is 1. The minimum absolute atomic E-state index is 0.0387. The van der Waals surface area contributed by atoms with Crippen molar-refractivity contribution in [2.45, 2.75) is 44.7 Å². The van der Waals surface area contributed by atoms with Gasteiger partial charge in [0.25, 0.3) is 11.8 Å². The average Bonchev–Trinajstić information content (AvgIpc) is 3.50. The molecule has 5 nitrogen and oxygen atoms in total. The highest BCUT2D eigenvalue weighted by molar-refractivity contribution is 6.33. The van der Waals surface area contributed by atoms with Gasteiger partial charge in [-0.1, -0.05) is 29.8 Å². The van der Waals surface area contributed by atoms with Crippen molar-refractivity contribution >= 4 is 23.4 Å². The molecule has 2 amide bonds. The lowest BCUT2D eigenvalue weighted by Crippen LogP contribution is -2.42. The maximum atomic E-state index is 13.3. The fourth-order valence-electron chi connectivity index (χ4n) is 5.39. The van der Waals surface area contributed by atoms with Crippen LogP contribution in [0, 0.1) is 0 Å². The first-order valence-corrected chi connectivity index (χ1v) is 12.2. The molecule has 3 heterocycles. The average molecular weight is 452 g/mol. The van der Waals surface area contributed by atoms with E-state index in [0.29, 0.717) is 29.7 Å². The maximum absolute atomic E-state index is 13.3. The van der Waals surface area contributed by atoms with Gasteiger partial charge in [0.2, 0.25) is 0 Å². The summed E-state index contributed by atoms with van der Waals surface area (Å²) in [6.45, 7) is 5.39. The molecule has 3 aliphatic rings. The molecule has 0 radical (unpaired) electrons. The van der Waals surface area contributed by atoms with E-state index in [4.69, 9.17) is 11.6 Å². The first-order valence-electron chi connectivity index (χ1n) is 11.8. The van der Waals surface area contributed by atoms with Gasteiger partial charge in [-0.05, 0) is 80.6 Å².